The fraction of sp³-hybridized carbons (Fsp3) is 0.308. The van der Waals surface area contributed by atoms with Gasteiger partial charge in [-0.1, -0.05) is 30.3 Å². The number of fused-ring (bicyclic) bond motifs is 1. The Morgan fingerprint density at radius 3 is 3.19 bits per heavy atom. The third-order valence-corrected chi connectivity index (χ3v) is 2.65. The van der Waals surface area contributed by atoms with Crippen LogP contribution in [-0.2, 0) is 16.0 Å². The van der Waals surface area contributed by atoms with E-state index in [2.05, 4.69) is 11.9 Å². The summed E-state index contributed by atoms with van der Waals surface area (Å²) in [6, 6.07) is 7.92. The first-order valence-corrected chi connectivity index (χ1v) is 5.41. The monoisotopic (exact) mass is 217 g/mol. The van der Waals surface area contributed by atoms with Crippen molar-refractivity contribution in [1.82, 2.24) is 5.32 Å². The molecule has 16 heavy (non-hydrogen) atoms. The zero-order valence-corrected chi connectivity index (χ0v) is 9.11. The van der Waals surface area contributed by atoms with E-state index in [0.29, 0.717) is 13.2 Å². The number of hydrogen-bond acceptors (Lipinski definition) is 2. The minimum absolute atomic E-state index is 0.0907. The van der Waals surface area contributed by atoms with Gasteiger partial charge < -0.3 is 10.1 Å². The summed E-state index contributed by atoms with van der Waals surface area (Å²) < 4.78 is 5.52. The second kappa shape index (κ2) is 4.94. The summed E-state index contributed by atoms with van der Waals surface area (Å²) in [7, 11) is 0. The predicted octanol–water partition coefficient (Wildman–Crippen LogP) is 1.60. The highest BCUT2D eigenvalue weighted by atomic mass is 16.5. The quantitative estimate of drug-likeness (QED) is 0.781. The van der Waals surface area contributed by atoms with Crippen LogP contribution in [0.15, 0.2) is 36.9 Å². The molecular formula is C13H15NO2. The van der Waals surface area contributed by atoms with Crippen LogP contribution in [0.25, 0.3) is 0 Å². The van der Waals surface area contributed by atoms with E-state index in [-0.39, 0.29) is 5.91 Å². The lowest BCUT2D eigenvalue weighted by Gasteiger charge is -2.24. The van der Waals surface area contributed by atoms with Crippen molar-refractivity contribution in [3.8, 4) is 0 Å². The second-order valence-corrected chi connectivity index (χ2v) is 3.73. The number of amides is 1. The number of benzene rings is 1. The summed E-state index contributed by atoms with van der Waals surface area (Å²) in [5.41, 5.74) is 2.18. The van der Waals surface area contributed by atoms with Gasteiger partial charge in [-0.2, -0.15) is 0 Å². The summed E-state index contributed by atoms with van der Waals surface area (Å²) in [5, 5.41) is 2.76. The predicted molar refractivity (Wildman–Crippen MR) is 62.0 cm³/mol. The molecule has 0 fully saturated rings. The lowest BCUT2D eigenvalue weighted by molar-refractivity contribution is -0.133. The Hall–Kier alpha value is -1.61. The summed E-state index contributed by atoms with van der Waals surface area (Å²) in [6.07, 6.45) is 2.07. The molecule has 0 spiro atoms. The molecule has 0 aliphatic carbocycles. The molecule has 2 rings (SSSR count). The van der Waals surface area contributed by atoms with Gasteiger partial charge in [0, 0.05) is 6.54 Å². The van der Waals surface area contributed by atoms with Crippen LogP contribution in [0.5, 0.6) is 0 Å². The highest BCUT2D eigenvalue weighted by Crippen LogP contribution is 2.26. The molecular weight excluding hydrogens is 202 g/mol. The summed E-state index contributed by atoms with van der Waals surface area (Å²) in [4.78, 5) is 11.8. The van der Waals surface area contributed by atoms with E-state index in [9.17, 15) is 4.79 Å². The molecule has 3 nitrogen and oxygen atoms in total. The average molecular weight is 217 g/mol. The molecule has 84 valence electrons. The highest BCUT2D eigenvalue weighted by molar-refractivity contribution is 5.83. The van der Waals surface area contributed by atoms with E-state index in [1.807, 2.05) is 24.3 Å². The van der Waals surface area contributed by atoms with Crippen LogP contribution < -0.4 is 5.32 Å². The molecule has 0 radical (unpaired) electrons. The molecule has 1 aromatic carbocycles. The molecule has 0 aromatic heterocycles. The Labute approximate surface area is 95.1 Å². The van der Waals surface area contributed by atoms with Gasteiger partial charge >= 0.3 is 0 Å². The van der Waals surface area contributed by atoms with Gasteiger partial charge in [0.25, 0.3) is 5.91 Å². The van der Waals surface area contributed by atoms with Crippen molar-refractivity contribution in [3.63, 3.8) is 0 Å². The molecule has 0 saturated heterocycles. The number of ether oxygens (including phenoxy) is 1. The molecule has 0 saturated carbocycles. The first-order valence-electron chi connectivity index (χ1n) is 5.41. The van der Waals surface area contributed by atoms with Crippen LogP contribution in [-0.4, -0.2) is 19.1 Å². The first-order chi connectivity index (χ1) is 7.83. The number of hydrogen-bond donors (Lipinski definition) is 1. The van der Waals surface area contributed by atoms with Gasteiger partial charge in [-0.25, -0.2) is 0 Å². The summed E-state index contributed by atoms with van der Waals surface area (Å²) in [5.74, 6) is -0.0907. The van der Waals surface area contributed by atoms with Gasteiger partial charge in [-0.15, -0.1) is 6.58 Å². The van der Waals surface area contributed by atoms with Gasteiger partial charge in [0.15, 0.2) is 6.10 Å². The minimum atomic E-state index is -0.468. The van der Waals surface area contributed by atoms with E-state index < -0.39 is 6.10 Å². The Morgan fingerprint density at radius 2 is 2.38 bits per heavy atom. The topological polar surface area (TPSA) is 38.3 Å². The van der Waals surface area contributed by atoms with Crippen molar-refractivity contribution in [3.05, 3.63) is 48.0 Å². The first kappa shape index (κ1) is 10.9. The maximum atomic E-state index is 11.8. The molecule has 0 bridgehead atoms. The molecule has 1 N–H and O–H groups in total. The molecule has 1 aliphatic heterocycles. The Balaban J connectivity index is 2.18. The smallest absolute Gasteiger partial charge is 0.254 e. The van der Waals surface area contributed by atoms with Gasteiger partial charge in [0.2, 0.25) is 0 Å². The second-order valence-electron chi connectivity index (χ2n) is 3.73. The number of carbonyl (C=O) groups excluding carboxylic acids is 1. The van der Waals surface area contributed by atoms with E-state index in [1.54, 1.807) is 6.08 Å². The van der Waals surface area contributed by atoms with Crippen LogP contribution in [0, 0.1) is 0 Å². The van der Waals surface area contributed by atoms with Gasteiger partial charge in [-0.3, -0.25) is 4.79 Å². The maximum Gasteiger partial charge on any atom is 0.254 e. The zero-order valence-electron chi connectivity index (χ0n) is 9.11. The Kier molecular flexibility index (Phi) is 3.37. The van der Waals surface area contributed by atoms with Crippen LogP contribution >= 0.6 is 0 Å². The van der Waals surface area contributed by atoms with E-state index in [0.717, 1.165) is 12.0 Å². The van der Waals surface area contributed by atoms with Crippen molar-refractivity contribution < 1.29 is 9.53 Å². The molecule has 1 amide bonds. The molecule has 1 heterocycles. The van der Waals surface area contributed by atoms with Gasteiger partial charge in [-0.05, 0) is 17.5 Å². The van der Waals surface area contributed by atoms with Crippen molar-refractivity contribution in [2.45, 2.75) is 12.5 Å². The summed E-state index contributed by atoms with van der Waals surface area (Å²) in [6.45, 7) is 4.64. The van der Waals surface area contributed by atoms with Crippen molar-refractivity contribution in [2.24, 2.45) is 0 Å². The van der Waals surface area contributed by atoms with E-state index >= 15 is 0 Å². The van der Waals surface area contributed by atoms with Crippen LogP contribution in [0.4, 0.5) is 0 Å². The number of nitrogens with one attached hydrogen (secondary N) is 1. The van der Waals surface area contributed by atoms with Gasteiger partial charge in [0.1, 0.15) is 0 Å². The lowest BCUT2D eigenvalue weighted by Crippen LogP contribution is -2.33. The number of carbonyl (C=O) groups is 1. The standard InChI is InChI=1S/C13H15NO2/c1-2-8-14-13(15)12-11-6-4-3-5-10(11)7-9-16-12/h2-6,12H,1,7-9H2,(H,14,15). The van der Waals surface area contributed by atoms with Crippen molar-refractivity contribution in [1.29, 1.82) is 0 Å². The minimum Gasteiger partial charge on any atom is -0.363 e. The molecule has 1 unspecified atom stereocenters. The van der Waals surface area contributed by atoms with E-state index in [1.165, 1.54) is 5.56 Å². The Morgan fingerprint density at radius 1 is 1.56 bits per heavy atom. The van der Waals surface area contributed by atoms with Crippen molar-refractivity contribution >= 4 is 5.91 Å². The lowest BCUT2D eigenvalue weighted by atomic mass is 9.97. The van der Waals surface area contributed by atoms with Crippen LogP contribution in [0.3, 0.4) is 0 Å². The van der Waals surface area contributed by atoms with E-state index in [4.69, 9.17) is 4.74 Å². The SMILES string of the molecule is C=CCNC(=O)C1OCCc2ccccc21. The molecule has 3 heteroatoms. The van der Waals surface area contributed by atoms with Crippen LogP contribution in [0.1, 0.15) is 17.2 Å². The molecule has 1 atom stereocenters. The largest absolute Gasteiger partial charge is 0.363 e. The third-order valence-electron chi connectivity index (χ3n) is 2.65. The molecule has 1 aromatic rings. The van der Waals surface area contributed by atoms with Crippen LogP contribution in [0.2, 0.25) is 0 Å². The highest BCUT2D eigenvalue weighted by Gasteiger charge is 2.26. The Bertz CT molecular complexity index is 401. The number of rotatable bonds is 3. The van der Waals surface area contributed by atoms with Crippen molar-refractivity contribution in [2.75, 3.05) is 13.2 Å². The summed E-state index contributed by atoms with van der Waals surface area (Å²) >= 11 is 0. The third kappa shape index (κ3) is 2.14. The fourth-order valence-electron chi connectivity index (χ4n) is 1.88. The maximum absolute atomic E-state index is 11.8. The normalized spacial score (nSPS) is 18.6. The fourth-order valence-corrected chi connectivity index (χ4v) is 1.88. The average Bonchev–Trinajstić information content (AvgIpc) is 2.35. The van der Waals surface area contributed by atoms with Gasteiger partial charge in [0.05, 0.1) is 6.61 Å². The zero-order chi connectivity index (χ0) is 11.4. The molecule has 1 aliphatic rings.